The third-order valence-electron chi connectivity index (χ3n) is 3.66. The van der Waals surface area contributed by atoms with Crippen LogP contribution in [0.4, 0.5) is 0 Å². The van der Waals surface area contributed by atoms with E-state index in [9.17, 15) is 4.79 Å². The molecule has 0 saturated heterocycles. The molecule has 1 aliphatic rings. The quantitative estimate of drug-likeness (QED) is 0.462. The van der Waals surface area contributed by atoms with Gasteiger partial charge in [-0.15, -0.1) is 0 Å². The van der Waals surface area contributed by atoms with E-state index in [1.165, 1.54) is 32.1 Å². The van der Waals surface area contributed by atoms with E-state index in [1.54, 1.807) is 0 Å². The summed E-state index contributed by atoms with van der Waals surface area (Å²) in [5, 5.41) is 0. The number of hydrogen-bond acceptors (Lipinski definition) is 2. The molecule has 0 aliphatic heterocycles. The van der Waals surface area contributed by atoms with Gasteiger partial charge in [0.2, 0.25) is 0 Å². The van der Waals surface area contributed by atoms with Crippen molar-refractivity contribution < 1.29 is 30.6 Å². The second-order valence-corrected chi connectivity index (χ2v) is 5.29. The molecule has 0 atom stereocenters. The van der Waals surface area contributed by atoms with E-state index in [0.717, 1.165) is 0 Å². The van der Waals surface area contributed by atoms with E-state index in [1.807, 2.05) is 34.6 Å². The summed E-state index contributed by atoms with van der Waals surface area (Å²) in [6.45, 7) is 13.7. The molecule has 3 heteroatoms. The van der Waals surface area contributed by atoms with Gasteiger partial charge in [0.1, 0.15) is 5.60 Å². The molecule has 0 aromatic rings. The Balaban J connectivity index is 0. The Morgan fingerprint density at radius 2 is 1.68 bits per heavy atom. The fourth-order valence-corrected chi connectivity index (χ4v) is 2.34. The van der Waals surface area contributed by atoms with Gasteiger partial charge < -0.3 is 4.74 Å². The normalized spacial score (nSPS) is 15.6. The maximum absolute atomic E-state index is 11.7. The van der Waals surface area contributed by atoms with Crippen molar-refractivity contribution in [2.45, 2.75) is 78.7 Å². The molecule has 0 aromatic carbocycles. The van der Waals surface area contributed by atoms with Gasteiger partial charge in [-0.05, 0) is 39.0 Å². The molecule has 0 aromatic heterocycles. The van der Waals surface area contributed by atoms with Gasteiger partial charge in [0.05, 0.1) is 0 Å². The predicted molar refractivity (Wildman–Crippen MR) is 77.5 cm³/mol. The van der Waals surface area contributed by atoms with Crippen LogP contribution < -0.4 is 0 Å². The number of esters is 1. The molecule has 0 bridgehead atoms. The van der Waals surface area contributed by atoms with Crippen molar-refractivity contribution in [3.8, 4) is 0 Å². The smallest absolute Gasteiger partial charge is 0.333 e. The largest absolute Gasteiger partial charge is 0.456 e. The summed E-state index contributed by atoms with van der Waals surface area (Å²) in [5.74, 6) is 0.285. The molecular weight excluding hydrogens is 408 g/mol. The standard InChI is InChI=1S/C14H24O2.C2H6.W/c1-5-11(2)13(15)16-14(3,4)12-9-7-6-8-10-12;1-2;/h12H,2,5-10H2,1,3-4H3;1-2H3;. The van der Waals surface area contributed by atoms with Crippen LogP contribution in [-0.2, 0) is 30.6 Å². The summed E-state index contributed by atoms with van der Waals surface area (Å²) < 4.78 is 5.59. The number of hydrogen-bond donors (Lipinski definition) is 0. The van der Waals surface area contributed by atoms with Crippen LogP contribution >= 0.6 is 0 Å². The molecule has 0 heterocycles. The summed E-state index contributed by atoms with van der Waals surface area (Å²) in [6, 6.07) is 0. The van der Waals surface area contributed by atoms with Crippen molar-refractivity contribution in [2.24, 2.45) is 5.92 Å². The maximum Gasteiger partial charge on any atom is 0.333 e. The summed E-state index contributed by atoms with van der Waals surface area (Å²) in [6.07, 6.45) is 6.88. The van der Waals surface area contributed by atoms with Crippen molar-refractivity contribution in [3.05, 3.63) is 12.2 Å². The van der Waals surface area contributed by atoms with Crippen LogP contribution in [-0.4, -0.2) is 11.6 Å². The maximum atomic E-state index is 11.7. The molecule has 2 nitrogen and oxygen atoms in total. The zero-order valence-electron chi connectivity index (χ0n) is 13.3. The van der Waals surface area contributed by atoms with Crippen molar-refractivity contribution >= 4 is 5.97 Å². The van der Waals surface area contributed by atoms with Gasteiger partial charge in [-0.3, -0.25) is 0 Å². The van der Waals surface area contributed by atoms with E-state index in [4.69, 9.17) is 4.74 Å². The van der Waals surface area contributed by atoms with Gasteiger partial charge in [-0.25, -0.2) is 4.79 Å². The fraction of sp³-hybridized carbons (Fsp3) is 0.812. The minimum absolute atomic E-state index is 0. The van der Waals surface area contributed by atoms with Crippen LogP contribution in [0.2, 0.25) is 0 Å². The Morgan fingerprint density at radius 3 is 2.11 bits per heavy atom. The Labute approximate surface area is 133 Å². The molecule has 19 heavy (non-hydrogen) atoms. The average molecular weight is 438 g/mol. The van der Waals surface area contributed by atoms with Crippen LogP contribution in [0.25, 0.3) is 0 Å². The molecule has 0 radical (unpaired) electrons. The first-order chi connectivity index (χ1) is 8.47. The third kappa shape index (κ3) is 7.30. The second kappa shape index (κ2) is 10.7. The van der Waals surface area contributed by atoms with E-state index in [2.05, 4.69) is 6.58 Å². The fourth-order valence-electron chi connectivity index (χ4n) is 2.34. The number of ether oxygens (including phenoxy) is 1. The summed E-state index contributed by atoms with van der Waals surface area (Å²) in [4.78, 5) is 11.7. The number of rotatable bonds is 4. The van der Waals surface area contributed by atoms with Gasteiger partial charge in [0, 0.05) is 26.6 Å². The monoisotopic (exact) mass is 438 g/mol. The van der Waals surface area contributed by atoms with Gasteiger partial charge in [0.25, 0.3) is 0 Å². The van der Waals surface area contributed by atoms with Crippen LogP contribution in [0.15, 0.2) is 12.2 Å². The summed E-state index contributed by atoms with van der Waals surface area (Å²) in [7, 11) is 0. The van der Waals surface area contributed by atoms with E-state index < -0.39 is 0 Å². The van der Waals surface area contributed by atoms with Gasteiger partial charge in [0.15, 0.2) is 0 Å². The first-order valence-electron chi connectivity index (χ1n) is 7.38. The first-order valence-corrected chi connectivity index (χ1v) is 7.38. The summed E-state index contributed by atoms with van der Waals surface area (Å²) in [5.41, 5.74) is 0.235. The topological polar surface area (TPSA) is 26.3 Å². The van der Waals surface area contributed by atoms with Crippen LogP contribution in [0.1, 0.15) is 73.1 Å². The van der Waals surface area contributed by atoms with Crippen LogP contribution in [0.3, 0.4) is 0 Å². The number of carbonyl (C=O) groups is 1. The molecule has 1 fully saturated rings. The Kier molecular flexibility index (Phi) is 11.9. The Morgan fingerprint density at radius 1 is 1.21 bits per heavy atom. The Hall–Kier alpha value is -0.102. The van der Waals surface area contributed by atoms with Crippen molar-refractivity contribution in [1.82, 2.24) is 0 Å². The predicted octanol–water partition coefficient (Wildman–Crippen LogP) is 4.88. The van der Waals surface area contributed by atoms with E-state index >= 15 is 0 Å². The molecule has 1 saturated carbocycles. The van der Waals surface area contributed by atoms with Crippen molar-refractivity contribution in [2.75, 3.05) is 0 Å². The van der Waals surface area contributed by atoms with Crippen LogP contribution in [0, 0.1) is 5.92 Å². The molecule has 0 spiro atoms. The molecule has 112 valence electrons. The molecule has 0 N–H and O–H groups in total. The third-order valence-corrected chi connectivity index (χ3v) is 3.66. The molecule has 1 aliphatic carbocycles. The van der Waals surface area contributed by atoms with Crippen LogP contribution in [0.5, 0.6) is 0 Å². The van der Waals surface area contributed by atoms with Gasteiger partial charge in [-0.1, -0.05) is 46.6 Å². The zero-order valence-corrected chi connectivity index (χ0v) is 16.2. The van der Waals surface area contributed by atoms with E-state index in [0.29, 0.717) is 17.9 Å². The zero-order chi connectivity index (χ0) is 14.2. The van der Waals surface area contributed by atoms with Gasteiger partial charge in [-0.2, -0.15) is 0 Å². The second-order valence-electron chi connectivity index (χ2n) is 5.29. The average Bonchev–Trinajstić information content (AvgIpc) is 2.40. The van der Waals surface area contributed by atoms with Crippen molar-refractivity contribution in [3.63, 3.8) is 0 Å². The minimum Gasteiger partial charge on any atom is -0.456 e. The number of carbonyl (C=O) groups excluding carboxylic acids is 1. The molecule has 0 unspecified atom stereocenters. The molecule has 0 amide bonds. The first kappa shape index (κ1) is 21.2. The van der Waals surface area contributed by atoms with E-state index in [-0.39, 0.29) is 32.6 Å². The Bertz CT molecular complexity index is 266. The molecule has 1 rings (SSSR count). The SMILES string of the molecule is C=C(CC)C(=O)OC(C)(C)C1CCCCC1.CC.[W]. The summed E-state index contributed by atoms with van der Waals surface area (Å²) >= 11 is 0. The minimum atomic E-state index is -0.338. The molecular formula is C16H30O2W. The van der Waals surface area contributed by atoms with Crippen molar-refractivity contribution in [1.29, 1.82) is 0 Å². The van der Waals surface area contributed by atoms with Gasteiger partial charge >= 0.3 is 5.97 Å².